The molecule has 0 radical (unpaired) electrons. The molecule has 19 heavy (non-hydrogen) atoms. The van der Waals surface area contributed by atoms with Crippen molar-refractivity contribution >= 4 is 12.0 Å². The van der Waals surface area contributed by atoms with E-state index < -0.39 is 6.04 Å². The molecule has 2 amide bonds. The van der Waals surface area contributed by atoms with Crippen molar-refractivity contribution in [1.82, 2.24) is 10.6 Å². The lowest BCUT2D eigenvalue weighted by Gasteiger charge is -2.25. The summed E-state index contributed by atoms with van der Waals surface area (Å²) in [6.45, 7) is 4.17. The Morgan fingerprint density at radius 1 is 1.21 bits per heavy atom. The van der Waals surface area contributed by atoms with Crippen LogP contribution < -0.4 is 10.6 Å². The molecule has 1 aromatic rings. The second kappa shape index (κ2) is 4.12. The lowest BCUT2D eigenvalue weighted by Crippen LogP contribution is -2.44. The van der Waals surface area contributed by atoms with Gasteiger partial charge in [-0.3, -0.25) is 0 Å². The van der Waals surface area contributed by atoms with E-state index >= 15 is 0 Å². The number of rotatable bonds is 1. The number of carbonyl (C=O) groups excluding carboxylic acids is 2. The molecule has 0 saturated carbocycles. The molecular weight excluding hydrogens is 244 g/mol. The highest BCUT2D eigenvalue weighted by Gasteiger charge is 2.37. The number of nitrogens with one attached hydrogen (secondary N) is 2. The minimum absolute atomic E-state index is 0.142. The van der Waals surface area contributed by atoms with E-state index in [1.54, 1.807) is 0 Å². The maximum Gasteiger partial charge on any atom is 0.338 e. The van der Waals surface area contributed by atoms with Crippen molar-refractivity contribution < 1.29 is 14.3 Å². The molecule has 98 valence electrons. The fourth-order valence-corrected chi connectivity index (χ4v) is 2.38. The summed E-state index contributed by atoms with van der Waals surface area (Å²) in [6.07, 6.45) is 0. The Labute approximate surface area is 110 Å². The van der Waals surface area contributed by atoms with Crippen LogP contribution in [0.2, 0.25) is 0 Å². The quantitative estimate of drug-likeness (QED) is 0.749. The van der Waals surface area contributed by atoms with Crippen LogP contribution in [0.25, 0.3) is 0 Å². The van der Waals surface area contributed by atoms with E-state index in [4.69, 9.17) is 4.74 Å². The van der Waals surface area contributed by atoms with Crippen LogP contribution in [0.5, 0.6) is 0 Å². The highest BCUT2D eigenvalue weighted by Crippen LogP contribution is 2.31. The zero-order valence-corrected chi connectivity index (χ0v) is 10.7. The van der Waals surface area contributed by atoms with E-state index in [9.17, 15) is 9.59 Å². The van der Waals surface area contributed by atoms with Gasteiger partial charge in [0.05, 0.1) is 17.3 Å². The Morgan fingerprint density at radius 2 is 2.00 bits per heavy atom. The number of hydrogen-bond acceptors (Lipinski definition) is 3. The average Bonchev–Trinajstić information content (AvgIpc) is 2.73. The van der Waals surface area contributed by atoms with Gasteiger partial charge in [-0.25, -0.2) is 9.59 Å². The third-order valence-electron chi connectivity index (χ3n) is 3.59. The first-order valence-corrected chi connectivity index (χ1v) is 6.11. The molecule has 2 heterocycles. The Kier molecular flexibility index (Phi) is 2.55. The highest BCUT2D eigenvalue weighted by atomic mass is 16.5. The van der Waals surface area contributed by atoms with E-state index in [2.05, 4.69) is 10.6 Å². The van der Waals surface area contributed by atoms with Gasteiger partial charge in [0.2, 0.25) is 0 Å². The summed E-state index contributed by atoms with van der Waals surface area (Å²) in [5.74, 6) is -0.370. The molecule has 1 aromatic carbocycles. The van der Waals surface area contributed by atoms with Crippen molar-refractivity contribution in [2.45, 2.75) is 19.9 Å². The monoisotopic (exact) mass is 258 g/mol. The smallest absolute Gasteiger partial charge is 0.338 e. The van der Waals surface area contributed by atoms with Crippen LogP contribution in [0.3, 0.4) is 0 Å². The Bertz CT molecular complexity index is 619. The Morgan fingerprint density at radius 3 is 2.74 bits per heavy atom. The van der Waals surface area contributed by atoms with Gasteiger partial charge >= 0.3 is 12.0 Å². The van der Waals surface area contributed by atoms with Gasteiger partial charge in [-0.15, -0.1) is 0 Å². The molecular formula is C14H14N2O3. The first-order chi connectivity index (χ1) is 9.06. The van der Waals surface area contributed by atoms with Crippen LogP contribution in [0, 0.1) is 13.8 Å². The van der Waals surface area contributed by atoms with Crippen LogP contribution in [0.15, 0.2) is 29.5 Å². The van der Waals surface area contributed by atoms with E-state index in [0.717, 1.165) is 11.1 Å². The van der Waals surface area contributed by atoms with Gasteiger partial charge < -0.3 is 15.4 Å². The van der Waals surface area contributed by atoms with Gasteiger partial charge in [0.1, 0.15) is 6.61 Å². The van der Waals surface area contributed by atoms with E-state index in [1.807, 2.05) is 32.0 Å². The summed E-state index contributed by atoms with van der Waals surface area (Å²) in [7, 11) is 0. The van der Waals surface area contributed by atoms with Crippen molar-refractivity contribution in [3.63, 3.8) is 0 Å². The van der Waals surface area contributed by atoms with E-state index in [0.29, 0.717) is 11.3 Å². The predicted molar refractivity (Wildman–Crippen MR) is 68.3 cm³/mol. The molecule has 1 unspecified atom stereocenters. The maximum absolute atomic E-state index is 11.8. The molecule has 0 saturated heterocycles. The SMILES string of the molecule is Cc1ccc(C2NC(=O)NC3=C2C(=O)OC3)cc1C. The first kappa shape index (κ1) is 11.8. The van der Waals surface area contributed by atoms with Crippen molar-refractivity contribution in [3.8, 4) is 0 Å². The number of esters is 1. The predicted octanol–water partition coefficient (Wildman–Crippen LogP) is 1.47. The summed E-state index contributed by atoms with van der Waals surface area (Å²) < 4.78 is 4.99. The van der Waals surface area contributed by atoms with Gasteiger partial charge in [-0.1, -0.05) is 18.2 Å². The molecule has 0 fully saturated rings. The second-order valence-electron chi connectivity index (χ2n) is 4.84. The normalized spacial score (nSPS) is 21.7. The molecule has 5 nitrogen and oxygen atoms in total. The Hall–Kier alpha value is -2.30. The number of hydrogen-bond donors (Lipinski definition) is 2. The van der Waals surface area contributed by atoms with Gasteiger partial charge in [-0.2, -0.15) is 0 Å². The summed E-state index contributed by atoms with van der Waals surface area (Å²) in [5.41, 5.74) is 4.26. The van der Waals surface area contributed by atoms with Crippen LogP contribution in [-0.4, -0.2) is 18.6 Å². The van der Waals surface area contributed by atoms with Gasteiger partial charge in [-0.05, 0) is 30.5 Å². The van der Waals surface area contributed by atoms with Gasteiger partial charge in [0.25, 0.3) is 0 Å². The first-order valence-electron chi connectivity index (χ1n) is 6.11. The molecule has 5 heteroatoms. The zero-order valence-electron chi connectivity index (χ0n) is 10.7. The molecule has 2 N–H and O–H groups in total. The summed E-state index contributed by atoms with van der Waals surface area (Å²) in [4.78, 5) is 23.4. The molecule has 0 bridgehead atoms. The molecule has 2 aliphatic heterocycles. The molecule has 3 rings (SSSR count). The summed E-state index contributed by atoms with van der Waals surface area (Å²) in [6, 6.07) is 5.16. The maximum atomic E-state index is 11.8. The van der Waals surface area contributed by atoms with Gasteiger partial charge in [0, 0.05) is 0 Å². The standard InChI is InChI=1S/C14H14N2O3/c1-7-3-4-9(5-8(7)2)12-11-10(6-19-13(11)17)15-14(18)16-12/h3-5,12H,6H2,1-2H3,(H2,15,16,18). The highest BCUT2D eigenvalue weighted by molar-refractivity contribution is 5.97. The minimum atomic E-state index is -0.432. The number of aryl methyl sites for hydroxylation is 2. The van der Waals surface area contributed by atoms with Crippen LogP contribution in [-0.2, 0) is 9.53 Å². The fraction of sp³-hybridized carbons (Fsp3) is 0.286. The number of ether oxygens (including phenoxy) is 1. The number of amides is 2. The van der Waals surface area contributed by atoms with Crippen LogP contribution >= 0.6 is 0 Å². The third-order valence-corrected chi connectivity index (χ3v) is 3.59. The molecule has 0 spiro atoms. The van der Waals surface area contributed by atoms with E-state index in [1.165, 1.54) is 5.56 Å². The van der Waals surface area contributed by atoms with Crippen LogP contribution in [0.1, 0.15) is 22.7 Å². The summed E-state index contributed by atoms with van der Waals surface area (Å²) in [5, 5.41) is 5.39. The zero-order chi connectivity index (χ0) is 13.6. The number of carbonyl (C=O) groups is 2. The lowest BCUT2D eigenvalue weighted by molar-refractivity contribution is -0.136. The second-order valence-corrected chi connectivity index (χ2v) is 4.84. The van der Waals surface area contributed by atoms with E-state index in [-0.39, 0.29) is 18.6 Å². The lowest BCUT2D eigenvalue weighted by atomic mass is 9.94. The molecule has 1 atom stereocenters. The minimum Gasteiger partial charge on any atom is -0.456 e. The number of urea groups is 1. The van der Waals surface area contributed by atoms with Crippen LogP contribution in [0.4, 0.5) is 4.79 Å². The van der Waals surface area contributed by atoms with Crippen molar-refractivity contribution in [3.05, 3.63) is 46.2 Å². The van der Waals surface area contributed by atoms with Crippen molar-refractivity contribution in [1.29, 1.82) is 0 Å². The number of benzene rings is 1. The topological polar surface area (TPSA) is 67.4 Å². The largest absolute Gasteiger partial charge is 0.456 e. The number of cyclic esters (lactones) is 1. The summed E-state index contributed by atoms with van der Waals surface area (Å²) >= 11 is 0. The average molecular weight is 258 g/mol. The molecule has 0 aliphatic carbocycles. The van der Waals surface area contributed by atoms with Crippen molar-refractivity contribution in [2.75, 3.05) is 6.61 Å². The molecule has 0 aromatic heterocycles. The van der Waals surface area contributed by atoms with Gasteiger partial charge in [0.15, 0.2) is 0 Å². The third kappa shape index (κ3) is 1.87. The fourth-order valence-electron chi connectivity index (χ4n) is 2.38. The molecule has 2 aliphatic rings. The Balaban J connectivity index is 2.07. The van der Waals surface area contributed by atoms with Crippen molar-refractivity contribution in [2.24, 2.45) is 0 Å².